The molecule has 1 aliphatic rings. The molecule has 19 heavy (non-hydrogen) atoms. The van der Waals surface area contributed by atoms with E-state index in [9.17, 15) is 9.18 Å². The molecule has 1 aromatic carbocycles. The number of carbonyl (C=O) groups is 1. The van der Waals surface area contributed by atoms with Gasteiger partial charge in [0.25, 0.3) is 0 Å². The molecule has 1 saturated heterocycles. The fourth-order valence-electron chi connectivity index (χ4n) is 2.21. The lowest BCUT2D eigenvalue weighted by molar-refractivity contribution is -0.175. The van der Waals surface area contributed by atoms with Crippen LogP contribution >= 0.6 is 0 Å². The van der Waals surface area contributed by atoms with E-state index in [-0.39, 0.29) is 18.0 Å². The van der Waals surface area contributed by atoms with Crippen molar-refractivity contribution in [3.63, 3.8) is 0 Å². The molecular weight excluding hydrogens is 247 g/mol. The summed E-state index contributed by atoms with van der Waals surface area (Å²) < 4.78 is 12.7. The minimum Gasteiger partial charge on any atom is -0.370 e. The Kier molecular flexibility index (Phi) is 3.83. The number of β-lactam (4-membered cyclic amide) rings is 1. The number of nitrogens with zero attached hydrogens (tertiary/aromatic N) is 1. The quantitative estimate of drug-likeness (QED) is 0.504. The van der Waals surface area contributed by atoms with Crippen LogP contribution in [0.15, 0.2) is 29.4 Å². The first-order valence-corrected chi connectivity index (χ1v) is 6.38. The van der Waals surface area contributed by atoms with Gasteiger partial charge in [0.05, 0.1) is 6.21 Å². The van der Waals surface area contributed by atoms with Crippen molar-refractivity contribution in [2.45, 2.75) is 32.9 Å². The van der Waals surface area contributed by atoms with E-state index in [2.05, 4.69) is 10.5 Å². The molecule has 0 aromatic heterocycles. The second-order valence-corrected chi connectivity index (χ2v) is 4.61. The highest BCUT2D eigenvalue weighted by Crippen LogP contribution is 2.38. The Hall–Kier alpha value is -1.91. The third-order valence-electron chi connectivity index (χ3n) is 3.72. The monoisotopic (exact) mass is 264 g/mol. The number of amides is 1. The van der Waals surface area contributed by atoms with Crippen molar-refractivity contribution in [1.82, 2.24) is 5.32 Å². The van der Waals surface area contributed by atoms with Crippen LogP contribution in [-0.4, -0.2) is 18.3 Å². The first-order valence-electron chi connectivity index (χ1n) is 6.38. The molecule has 1 fully saturated rings. The number of nitrogens with one attached hydrogen (secondary N) is 1. The first-order chi connectivity index (χ1) is 9.12. The van der Waals surface area contributed by atoms with E-state index >= 15 is 0 Å². The normalized spacial score (nSPS) is 21.0. The van der Waals surface area contributed by atoms with Crippen LogP contribution in [0.2, 0.25) is 0 Å². The van der Waals surface area contributed by atoms with E-state index in [1.165, 1.54) is 18.3 Å². The van der Waals surface area contributed by atoms with Crippen molar-refractivity contribution in [1.29, 1.82) is 0 Å². The lowest BCUT2D eigenvalue weighted by atomic mass is 9.74. The molecule has 4 nitrogen and oxygen atoms in total. The van der Waals surface area contributed by atoms with Crippen molar-refractivity contribution < 1.29 is 14.0 Å². The van der Waals surface area contributed by atoms with Gasteiger partial charge in [0, 0.05) is 0 Å². The Balaban J connectivity index is 1.96. The molecule has 0 aliphatic carbocycles. The number of rotatable bonds is 5. The summed E-state index contributed by atoms with van der Waals surface area (Å²) >= 11 is 0. The van der Waals surface area contributed by atoms with E-state index in [0.717, 1.165) is 5.56 Å². The van der Waals surface area contributed by atoms with E-state index < -0.39 is 5.41 Å². The van der Waals surface area contributed by atoms with Gasteiger partial charge in [0.1, 0.15) is 11.2 Å². The lowest BCUT2D eigenvalue weighted by Crippen LogP contribution is -2.67. The predicted molar refractivity (Wildman–Crippen MR) is 70.0 cm³/mol. The predicted octanol–water partition coefficient (Wildman–Crippen LogP) is 2.44. The largest absolute Gasteiger partial charge is 0.370 e. The van der Waals surface area contributed by atoms with Gasteiger partial charge in [-0.3, -0.25) is 4.79 Å². The summed E-state index contributed by atoms with van der Waals surface area (Å²) in [5.41, 5.74) is 0.269. The van der Waals surface area contributed by atoms with E-state index in [1.807, 2.05) is 13.8 Å². The summed E-state index contributed by atoms with van der Waals surface area (Å²) in [5.74, 6) is -0.278. The van der Waals surface area contributed by atoms with Crippen LogP contribution in [0.25, 0.3) is 0 Å². The van der Waals surface area contributed by atoms with Crippen LogP contribution in [0.3, 0.4) is 0 Å². The third-order valence-corrected chi connectivity index (χ3v) is 3.72. The second-order valence-electron chi connectivity index (χ2n) is 4.61. The summed E-state index contributed by atoms with van der Waals surface area (Å²) in [5, 5.41) is 6.55. The molecular formula is C14H17FN2O2. The fraction of sp³-hybridized carbons (Fsp3) is 0.429. The van der Waals surface area contributed by atoms with Crippen molar-refractivity contribution in [3.05, 3.63) is 35.6 Å². The molecule has 0 bridgehead atoms. The van der Waals surface area contributed by atoms with Gasteiger partial charge in [-0.15, -0.1) is 0 Å². The van der Waals surface area contributed by atoms with Crippen molar-refractivity contribution in [2.24, 2.45) is 10.6 Å². The molecule has 1 atom stereocenters. The van der Waals surface area contributed by atoms with E-state index in [0.29, 0.717) is 12.8 Å². The summed E-state index contributed by atoms with van der Waals surface area (Å²) in [7, 11) is 0. The molecule has 1 unspecified atom stereocenters. The zero-order valence-corrected chi connectivity index (χ0v) is 11.0. The molecule has 102 valence electrons. The molecule has 0 saturated carbocycles. The van der Waals surface area contributed by atoms with Crippen LogP contribution in [0, 0.1) is 11.2 Å². The number of carbonyl (C=O) groups excluding carboxylic acids is 1. The molecule has 1 amide bonds. The van der Waals surface area contributed by atoms with Gasteiger partial charge in [-0.2, -0.15) is 0 Å². The molecule has 2 rings (SSSR count). The van der Waals surface area contributed by atoms with E-state index in [1.54, 1.807) is 12.1 Å². The highest BCUT2D eigenvalue weighted by atomic mass is 19.1. The van der Waals surface area contributed by atoms with Gasteiger partial charge in [-0.1, -0.05) is 31.1 Å². The Morgan fingerprint density at radius 3 is 2.53 bits per heavy atom. The molecule has 1 aromatic rings. The van der Waals surface area contributed by atoms with Gasteiger partial charge in [0.2, 0.25) is 12.1 Å². The molecule has 1 heterocycles. The van der Waals surface area contributed by atoms with Gasteiger partial charge in [-0.05, 0) is 30.5 Å². The van der Waals surface area contributed by atoms with Crippen LogP contribution < -0.4 is 5.32 Å². The maximum atomic E-state index is 12.7. The maximum absolute atomic E-state index is 12.7. The van der Waals surface area contributed by atoms with Crippen LogP contribution in [0.4, 0.5) is 4.39 Å². The van der Waals surface area contributed by atoms with Gasteiger partial charge >= 0.3 is 0 Å². The minimum absolute atomic E-state index is 0.0134. The zero-order valence-electron chi connectivity index (χ0n) is 11.0. The molecule has 0 radical (unpaired) electrons. The Morgan fingerprint density at radius 1 is 1.37 bits per heavy atom. The summed E-state index contributed by atoms with van der Waals surface area (Å²) in [6.45, 7) is 3.92. The summed E-state index contributed by atoms with van der Waals surface area (Å²) in [6, 6.07) is 5.92. The Morgan fingerprint density at radius 2 is 2.00 bits per heavy atom. The topological polar surface area (TPSA) is 50.7 Å². The zero-order chi connectivity index (χ0) is 13.9. The summed E-state index contributed by atoms with van der Waals surface area (Å²) in [4.78, 5) is 16.9. The second kappa shape index (κ2) is 5.38. The van der Waals surface area contributed by atoms with Crippen molar-refractivity contribution in [2.75, 3.05) is 0 Å². The molecule has 5 heteroatoms. The van der Waals surface area contributed by atoms with E-state index in [4.69, 9.17) is 4.84 Å². The summed E-state index contributed by atoms with van der Waals surface area (Å²) in [6.07, 6.45) is 2.55. The van der Waals surface area contributed by atoms with Crippen LogP contribution in [-0.2, 0) is 9.63 Å². The maximum Gasteiger partial charge on any atom is 0.234 e. The minimum atomic E-state index is -0.472. The van der Waals surface area contributed by atoms with Crippen LogP contribution in [0.5, 0.6) is 0 Å². The van der Waals surface area contributed by atoms with Gasteiger partial charge < -0.3 is 10.2 Å². The number of hydrogen-bond donors (Lipinski definition) is 1. The average molecular weight is 264 g/mol. The van der Waals surface area contributed by atoms with Gasteiger partial charge in [0.15, 0.2) is 0 Å². The molecule has 1 aliphatic heterocycles. The smallest absolute Gasteiger partial charge is 0.234 e. The molecule has 1 N–H and O–H groups in total. The first kappa shape index (κ1) is 13.5. The molecule has 0 spiro atoms. The highest BCUT2D eigenvalue weighted by Gasteiger charge is 2.54. The van der Waals surface area contributed by atoms with Crippen molar-refractivity contribution >= 4 is 12.1 Å². The average Bonchev–Trinajstić information content (AvgIpc) is 2.41. The lowest BCUT2D eigenvalue weighted by Gasteiger charge is -2.45. The fourth-order valence-corrected chi connectivity index (χ4v) is 2.21. The number of benzene rings is 1. The Labute approximate surface area is 111 Å². The highest BCUT2D eigenvalue weighted by molar-refractivity contribution is 5.89. The third kappa shape index (κ3) is 2.45. The standard InChI is InChI=1S/C14H17FN2O2/c1-3-14(4-2)12(18)17-13(14)19-16-9-10-5-7-11(15)8-6-10/h5-9,13H,3-4H2,1-2H3,(H,17,18)/b16-9+. The SMILES string of the molecule is CCC1(CC)C(=O)NC1O/N=C/c1ccc(F)cc1. The Bertz CT molecular complexity index is 481. The number of hydrogen-bond acceptors (Lipinski definition) is 3. The van der Waals surface area contributed by atoms with Crippen LogP contribution in [0.1, 0.15) is 32.3 Å². The van der Waals surface area contributed by atoms with Crippen molar-refractivity contribution in [3.8, 4) is 0 Å². The number of halogens is 1. The van der Waals surface area contributed by atoms with Gasteiger partial charge in [-0.25, -0.2) is 4.39 Å². The number of oxime groups is 1.